The minimum absolute atomic E-state index is 0.221. The highest BCUT2D eigenvalue weighted by Gasteiger charge is 2.30. The number of carbonyl (C=O) groups excluding carboxylic acids is 1. The molecule has 20 heavy (non-hydrogen) atoms. The first-order chi connectivity index (χ1) is 9.74. The van der Waals surface area contributed by atoms with Crippen molar-refractivity contribution in [2.75, 3.05) is 6.54 Å². The fourth-order valence-electron chi connectivity index (χ4n) is 2.85. The monoisotopic (exact) mass is 289 g/mol. The van der Waals surface area contributed by atoms with Crippen LogP contribution in [-0.4, -0.2) is 27.1 Å². The molecule has 2 aromatic rings. The van der Waals surface area contributed by atoms with Crippen molar-refractivity contribution >= 4 is 17.2 Å². The number of aryl methyl sites for hydroxylation is 2. The van der Waals surface area contributed by atoms with Crippen molar-refractivity contribution in [2.45, 2.75) is 31.7 Å². The summed E-state index contributed by atoms with van der Waals surface area (Å²) in [5, 5.41) is 8.41. The Morgan fingerprint density at radius 2 is 2.45 bits per heavy atom. The number of thiophene rings is 1. The molecular weight excluding hydrogens is 270 g/mol. The zero-order valence-electron chi connectivity index (χ0n) is 11.7. The van der Waals surface area contributed by atoms with Gasteiger partial charge in [0.25, 0.3) is 0 Å². The summed E-state index contributed by atoms with van der Waals surface area (Å²) in [5.74, 6) is 0.266. The molecule has 1 unspecified atom stereocenters. The van der Waals surface area contributed by atoms with Crippen LogP contribution in [0.25, 0.3) is 0 Å². The van der Waals surface area contributed by atoms with Gasteiger partial charge in [-0.25, -0.2) is 0 Å². The summed E-state index contributed by atoms with van der Waals surface area (Å²) in [5.41, 5.74) is 2.43. The molecule has 1 amide bonds. The largest absolute Gasteiger partial charge is 0.336 e. The summed E-state index contributed by atoms with van der Waals surface area (Å²) < 4.78 is 1.81. The van der Waals surface area contributed by atoms with E-state index in [1.165, 1.54) is 5.56 Å². The van der Waals surface area contributed by atoms with Crippen LogP contribution >= 0.6 is 11.3 Å². The SMILES string of the molecule is Cn1cc(C2CCCN2C(=O)CCc2ccsc2)cn1. The third kappa shape index (κ3) is 2.77. The van der Waals surface area contributed by atoms with E-state index < -0.39 is 0 Å². The highest BCUT2D eigenvalue weighted by Crippen LogP contribution is 2.32. The Labute approximate surface area is 123 Å². The lowest BCUT2D eigenvalue weighted by Gasteiger charge is -2.24. The normalized spacial score (nSPS) is 18.6. The van der Waals surface area contributed by atoms with Crippen LogP contribution in [0.5, 0.6) is 0 Å². The maximum Gasteiger partial charge on any atom is 0.223 e. The molecule has 0 bridgehead atoms. The molecule has 1 fully saturated rings. The topological polar surface area (TPSA) is 38.1 Å². The van der Waals surface area contributed by atoms with Gasteiger partial charge >= 0.3 is 0 Å². The maximum atomic E-state index is 12.4. The van der Waals surface area contributed by atoms with Crippen molar-refractivity contribution in [2.24, 2.45) is 7.05 Å². The van der Waals surface area contributed by atoms with Gasteiger partial charge in [0.1, 0.15) is 0 Å². The van der Waals surface area contributed by atoms with Crippen molar-refractivity contribution in [3.63, 3.8) is 0 Å². The Kier molecular flexibility index (Phi) is 3.87. The lowest BCUT2D eigenvalue weighted by molar-refractivity contribution is -0.132. The Hall–Kier alpha value is -1.62. The number of hydrogen-bond acceptors (Lipinski definition) is 3. The van der Waals surface area contributed by atoms with Crippen LogP contribution < -0.4 is 0 Å². The first kappa shape index (κ1) is 13.4. The number of rotatable bonds is 4. The molecule has 3 heterocycles. The summed E-state index contributed by atoms with van der Waals surface area (Å²) in [7, 11) is 1.92. The van der Waals surface area contributed by atoms with Crippen LogP contribution in [0.4, 0.5) is 0 Å². The molecular formula is C15H19N3OS. The average Bonchev–Trinajstić information content (AvgIpc) is 3.16. The van der Waals surface area contributed by atoms with Gasteiger partial charge in [0.2, 0.25) is 5.91 Å². The Bertz CT molecular complexity index is 576. The van der Waals surface area contributed by atoms with Gasteiger partial charge in [0, 0.05) is 31.8 Å². The van der Waals surface area contributed by atoms with Crippen LogP contribution in [0.2, 0.25) is 0 Å². The second-order valence-electron chi connectivity index (χ2n) is 5.32. The molecule has 0 aliphatic carbocycles. The summed E-state index contributed by atoms with van der Waals surface area (Å²) in [4.78, 5) is 14.5. The molecule has 2 aromatic heterocycles. The lowest BCUT2D eigenvalue weighted by atomic mass is 10.1. The number of amides is 1. The van der Waals surface area contributed by atoms with Gasteiger partial charge < -0.3 is 4.90 Å². The summed E-state index contributed by atoms with van der Waals surface area (Å²) in [6.07, 6.45) is 7.50. The van der Waals surface area contributed by atoms with Crippen LogP contribution in [0.15, 0.2) is 29.2 Å². The van der Waals surface area contributed by atoms with E-state index in [9.17, 15) is 4.79 Å². The van der Waals surface area contributed by atoms with Gasteiger partial charge in [-0.3, -0.25) is 9.48 Å². The summed E-state index contributed by atoms with van der Waals surface area (Å²) >= 11 is 1.69. The van der Waals surface area contributed by atoms with Crippen molar-refractivity contribution < 1.29 is 4.79 Å². The van der Waals surface area contributed by atoms with Gasteiger partial charge in [0.15, 0.2) is 0 Å². The number of carbonyl (C=O) groups is 1. The van der Waals surface area contributed by atoms with Crippen LogP contribution in [-0.2, 0) is 18.3 Å². The van der Waals surface area contributed by atoms with Crippen molar-refractivity contribution in [1.29, 1.82) is 0 Å². The smallest absolute Gasteiger partial charge is 0.223 e. The van der Waals surface area contributed by atoms with E-state index in [2.05, 4.69) is 21.9 Å². The highest BCUT2D eigenvalue weighted by atomic mass is 32.1. The minimum atomic E-state index is 0.221. The van der Waals surface area contributed by atoms with Crippen LogP contribution in [0.3, 0.4) is 0 Å². The fraction of sp³-hybridized carbons (Fsp3) is 0.467. The number of aromatic nitrogens is 2. The van der Waals surface area contributed by atoms with Crippen molar-refractivity contribution in [1.82, 2.24) is 14.7 Å². The molecule has 1 saturated heterocycles. The second kappa shape index (κ2) is 5.79. The van der Waals surface area contributed by atoms with E-state index in [4.69, 9.17) is 0 Å². The molecule has 5 heteroatoms. The molecule has 3 rings (SSSR count). The lowest BCUT2D eigenvalue weighted by Crippen LogP contribution is -2.30. The Balaban J connectivity index is 1.64. The molecule has 1 atom stereocenters. The second-order valence-corrected chi connectivity index (χ2v) is 6.10. The Morgan fingerprint density at radius 1 is 1.55 bits per heavy atom. The number of likely N-dealkylation sites (tertiary alicyclic amines) is 1. The van der Waals surface area contributed by atoms with E-state index in [1.54, 1.807) is 11.3 Å². The number of nitrogens with zero attached hydrogens (tertiary/aromatic N) is 3. The van der Waals surface area contributed by atoms with Gasteiger partial charge in [-0.2, -0.15) is 16.4 Å². The van der Waals surface area contributed by atoms with E-state index in [0.717, 1.165) is 31.4 Å². The first-order valence-corrected chi connectivity index (χ1v) is 7.97. The van der Waals surface area contributed by atoms with Crippen molar-refractivity contribution in [3.8, 4) is 0 Å². The highest BCUT2D eigenvalue weighted by molar-refractivity contribution is 7.07. The van der Waals surface area contributed by atoms with Crippen molar-refractivity contribution in [3.05, 3.63) is 40.3 Å². The van der Waals surface area contributed by atoms with Gasteiger partial charge in [-0.05, 0) is 41.7 Å². The third-order valence-electron chi connectivity index (χ3n) is 3.89. The predicted molar refractivity (Wildman–Crippen MR) is 79.5 cm³/mol. The molecule has 0 saturated carbocycles. The fourth-order valence-corrected chi connectivity index (χ4v) is 3.56. The molecule has 0 radical (unpaired) electrons. The summed E-state index contributed by atoms with van der Waals surface area (Å²) in [6.45, 7) is 0.877. The molecule has 106 valence electrons. The molecule has 1 aliphatic heterocycles. The van der Waals surface area contributed by atoms with Crippen LogP contribution in [0.1, 0.15) is 36.4 Å². The average molecular weight is 289 g/mol. The van der Waals surface area contributed by atoms with E-state index >= 15 is 0 Å². The zero-order valence-corrected chi connectivity index (χ0v) is 12.5. The zero-order chi connectivity index (χ0) is 13.9. The van der Waals surface area contributed by atoms with Gasteiger partial charge in [0.05, 0.1) is 12.2 Å². The standard InChI is InChI=1S/C15H19N3OS/c1-17-10-13(9-16-17)14-3-2-7-18(14)15(19)5-4-12-6-8-20-11-12/h6,8-11,14H,2-5,7H2,1H3. The van der Waals surface area contributed by atoms with Gasteiger partial charge in [-0.15, -0.1) is 0 Å². The van der Waals surface area contributed by atoms with Gasteiger partial charge in [-0.1, -0.05) is 0 Å². The van der Waals surface area contributed by atoms with E-state index in [-0.39, 0.29) is 11.9 Å². The quantitative estimate of drug-likeness (QED) is 0.868. The van der Waals surface area contributed by atoms with E-state index in [0.29, 0.717) is 6.42 Å². The maximum absolute atomic E-state index is 12.4. The third-order valence-corrected chi connectivity index (χ3v) is 4.62. The first-order valence-electron chi connectivity index (χ1n) is 7.03. The minimum Gasteiger partial charge on any atom is -0.336 e. The van der Waals surface area contributed by atoms with Crippen LogP contribution in [0, 0.1) is 0 Å². The molecule has 0 N–H and O–H groups in total. The van der Waals surface area contributed by atoms with E-state index in [1.807, 2.05) is 29.0 Å². The molecule has 0 spiro atoms. The number of hydrogen-bond donors (Lipinski definition) is 0. The molecule has 1 aliphatic rings. The Morgan fingerprint density at radius 3 is 3.15 bits per heavy atom. The molecule has 0 aromatic carbocycles. The predicted octanol–water partition coefficient (Wildman–Crippen LogP) is 2.78. The summed E-state index contributed by atoms with van der Waals surface area (Å²) in [6, 6.07) is 2.32. The molecule has 4 nitrogen and oxygen atoms in total.